The number of benzene rings is 2. The van der Waals surface area contributed by atoms with Crippen molar-refractivity contribution < 1.29 is 33.2 Å². The van der Waals surface area contributed by atoms with Gasteiger partial charge in [-0.25, -0.2) is 18.7 Å². The van der Waals surface area contributed by atoms with Crippen molar-refractivity contribution in [3.05, 3.63) is 98.0 Å². The molecule has 0 spiro atoms. The number of aryl methyl sites for hydroxylation is 2. The van der Waals surface area contributed by atoms with E-state index in [1.807, 2.05) is 18.9 Å². The summed E-state index contributed by atoms with van der Waals surface area (Å²) in [6.45, 7) is 9.90. The Morgan fingerprint density at radius 2 is 1.83 bits per heavy atom. The molecule has 4 unspecified atom stereocenters. The molecule has 0 saturated carbocycles. The average molecular weight is 818 g/mol. The van der Waals surface area contributed by atoms with E-state index in [0.717, 1.165) is 19.3 Å². The van der Waals surface area contributed by atoms with Gasteiger partial charge in [0.15, 0.2) is 5.82 Å². The van der Waals surface area contributed by atoms with E-state index in [4.69, 9.17) is 4.74 Å². The van der Waals surface area contributed by atoms with Gasteiger partial charge in [0.2, 0.25) is 17.2 Å². The minimum Gasteiger partial charge on any atom is -0.460 e. The number of hydrogen-bond donors (Lipinski definition) is 2. The molecule has 17 nitrogen and oxygen atoms in total. The second-order valence-corrected chi connectivity index (χ2v) is 16.8. The molecule has 3 fully saturated rings. The van der Waals surface area contributed by atoms with Crippen molar-refractivity contribution in [1.82, 2.24) is 34.6 Å². The second kappa shape index (κ2) is 15.8. The van der Waals surface area contributed by atoms with Crippen molar-refractivity contribution in [2.45, 2.75) is 69.0 Å². The lowest BCUT2D eigenvalue weighted by molar-refractivity contribution is -0.392. The van der Waals surface area contributed by atoms with Crippen LogP contribution in [-0.2, 0) is 32.2 Å². The summed E-state index contributed by atoms with van der Waals surface area (Å²) < 4.78 is 23.3. The van der Waals surface area contributed by atoms with Gasteiger partial charge in [-0.05, 0) is 50.4 Å². The number of nitro groups is 1. The molecule has 2 N–H and O–H groups in total. The van der Waals surface area contributed by atoms with Gasteiger partial charge in [-0.2, -0.15) is 0 Å². The van der Waals surface area contributed by atoms with Gasteiger partial charge in [0.05, 0.1) is 11.2 Å². The van der Waals surface area contributed by atoms with Crippen LogP contribution in [0.5, 0.6) is 0 Å². The van der Waals surface area contributed by atoms with Crippen LogP contribution < -0.4 is 21.0 Å². The largest absolute Gasteiger partial charge is 0.460 e. The molecule has 5 heterocycles. The van der Waals surface area contributed by atoms with Crippen LogP contribution in [0.25, 0.3) is 10.9 Å². The third kappa shape index (κ3) is 7.39. The number of nitrogens with one attached hydrogen (secondary N) is 2. The molecule has 4 atom stereocenters. The molecule has 3 aliphatic rings. The zero-order valence-corrected chi connectivity index (χ0v) is 33.5. The predicted molar refractivity (Wildman–Crippen MR) is 213 cm³/mol. The number of likely N-dealkylation sites (N-methyl/N-ethyl adjacent to an activating group) is 1. The van der Waals surface area contributed by atoms with E-state index in [1.54, 1.807) is 61.7 Å². The number of β-lactam (4-membered cyclic amide) rings is 1. The number of rotatable bonds is 12. The van der Waals surface area contributed by atoms with Gasteiger partial charge >= 0.3 is 11.8 Å². The third-order valence-corrected chi connectivity index (χ3v) is 12.6. The average Bonchev–Trinajstić information content (AvgIpc) is 3.69. The highest BCUT2D eigenvalue weighted by atomic mass is 32.2. The molecule has 2 aromatic carbocycles. The summed E-state index contributed by atoms with van der Waals surface area (Å²) in [6, 6.07) is 7.74. The number of anilines is 1. The molecular weight excluding hydrogens is 774 g/mol. The highest BCUT2D eigenvalue weighted by molar-refractivity contribution is 8.01. The van der Waals surface area contributed by atoms with Crippen LogP contribution in [0.4, 0.5) is 15.9 Å². The third-order valence-electron chi connectivity index (χ3n) is 11.0. The Hall–Kier alpha value is -5.82. The fraction of sp³-hybridized carbons (Fsp3) is 0.436. The van der Waals surface area contributed by atoms with Crippen molar-refractivity contribution in [1.29, 1.82) is 0 Å². The normalized spacial score (nSPS) is 20.7. The van der Waals surface area contributed by atoms with Gasteiger partial charge in [0.1, 0.15) is 54.2 Å². The van der Waals surface area contributed by atoms with Crippen molar-refractivity contribution in [3.63, 3.8) is 0 Å². The summed E-state index contributed by atoms with van der Waals surface area (Å²) in [7, 11) is 2.00. The van der Waals surface area contributed by atoms with Gasteiger partial charge in [-0.3, -0.25) is 19.2 Å². The number of carbonyl (C=O) groups excluding carboxylic acids is 4. The number of halogens is 1. The monoisotopic (exact) mass is 817 g/mol. The first-order valence-corrected chi connectivity index (χ1v) is 19.8. The Morgan fingerprint density at radius 1 is 1.12 bits per heavy atom. The molecule has 3 aliphatic heterocycles. The van der Waals surface area contributed by atoms with Crippen LogP contribution >= 0.6 is 11.8 Å². The lowest BCUT2D eigenvalue weighted by Crippen LogP contribution is -2.71. The summed E-state index contributed by atoms with van der Waals surface area (Å²) >= 11 is 1.30. The zero-order valence-electron chi connectivity index (χ0n) is 32.6. The van der Waals surface area contributed by atoms with E-state index >= 15 is 4.39 Å². The topological polar surface area (TPSA) is 194 Å². The molecule has 7 rings (SSSR count). The van der Waals surface area contributed by atoms with Gasteiger partial charge in [-0.1, -0.05) is 30.3 Å². The van der Waals surface area contributed by atoms with Gasteiger partial charge < -0.3 is 44.8 Å². The van der Waals surface area contributed by atoms with E-state index in [2.05, 4.69) is 20.5 Å². The molecule has 0 aliphatic carbocycles. The molecule has 0 bridgehead atoms. The number of pyridine rings is 1. The molecule has 306 valence electrons. The van der Waals surface area contributed by atoms with E-state index in [0.29, 0.717) is 42.2 Å². The van der Waals surface area contributed by atoms with Crippen LogP contribution in [0.1, 0.15) is 48.6 Å². The fourth-order valence-electron chi connectivity index (χ4n) is 7.82. The second-order valence-electron chi connectivity index (χ2n) is 15.1. The summed E-state index contributed by atoms with van der Waals surface area (Å²) in [6.07, 6.45) is 2.53. The summed E-state index contributed by atoms with van der Waals surface area (Å²) in [5, 5.41) is 16.2. The van der Waals surface area contributed by atoms with E-state index in [9.17, 15) is 34.1 Å². The molecule has 4 aromatic rings. The molecule has 19 heteroatoms. The van der Waals surface area contributed by atoms with Crippen molar-refractivity contribution in [3.8, 4) is 0 Å². The first-order chi connectivity index (χ1) is 27.6. The standard InChI is InChI=1S/C39H44FN9O8S/c1-6-45-21-25(32(50)24-18-26(40)28(19-27(24)45)46-14-12-44(5)13-15-46)34(51)42-30(23-10-8-7-9-11-23)35(52)43-31-36(53)48-33(39(3,4)58-37(31)48)38(54)57-17-16-47-22(2)41-20-29(47)49(55)56/h7-11,18-21,30-31,33,37H,6,12-17H2,1-5H3,(H,42,51)(H,43,52). The lowest BCUT2D eigenvalue weighted by Gasteiger charge is -2.44. The maximum atomic E-state index is 15.6. The number of amides is 3. The Bertz CT molecular complexity index is 2360. The fourth-order valence-corrected chi connectivity index (χ4v) is 9.45. The van der Waals surface area contributed by atoms with Crippen LogP contribution in [0.15, 0.2) is 59.7 Å². The van der Waals surface area contributed by atoms with Crippen LogP contribution in [0.3, 0.4) is 0 Å². The summed E-state index contributed by atoms with van der Waals surface area (Å²) in [4.78, 5) is 89.1. The minimum atomic E-state index is -1.34. The van der Waals surface area contributed by atoms with E-state index < -0.39 is 68.1 Å². The SMILES string of the molecule is CCn1cc(C(=O)NC(C(=O)NC2C(=O)N3C2SC(C)(C)C3C(=O)OCCn2c([N+](=O)[O-])cnc2C)c2ccccc2)c(=O)c2cc(F)c(N3CCN(C)CC3)cc21. The predicted octanol–water partition coefficient (Wildman–Crippen LogP) is 2.59. The number of fused-ring (bicyclic) bond motifs is 2. The Balaban J connectivity index is 1.08. The number of carbonyl (C=O) groups is 4. The van der Waals surface area contributed by atoms with Crippen molar-refractivity contribution in [2.24, 2.45) is 0 Å². The van der Waals surface area contributed by atoms with Crippen LogP contribution in [-0.4, -0.2) is 115 Å². The number of piperazine rings is 1. The minimum absolute atomic E-state index is 0.0168. The number of imidazole rings is 1. The number of thioether (sulfide) groups is 1. The smallest absolute Gasteiger partial charge is 0.342 e. The van der Waals surface area contributed by atoms with Gasteiger partial charge in [0, 0.05) is 56.0 Å². The summed E-state index contributed by atoms with van der Waals surface area (Å²) in [5.41, 5.74) is 0.254. The highest BCUT2D eigenvalue weighted by Gasteiger charge is 2.64. The van der Waals surface area contributed by atoms with Crippen molar-refractivity contribution in [2.75, 3.05) is 44.7 Å². The summed E-state index contributed by atoms with van der Waals surface area (Å²) in [5.74, 6) is -3.26. The highest BCUT2D eigenvalue weighted by Crippen LogP contribution is 2.51. The first kappa shape index (κ1) is 40.4. The molecule has 3 amide bonds. The molecule has 3 saturated heterocycles. The van der Waals surface area contributed by atoms with Crippen LogP contribution in [0.2, 0.25) is 0 Å². The van der Waals surface area contributed by atoms with Crippen molar-refractivity contribution >= 4 is 57.9 Å². The molecule has 2 aromatic heterocycles. The van der Waals surface area contributed by atoms with Crippen LogP contribution in [0, 0.1) is 22.9 Å². The van der Waals surface area contributed by atoms with Gasteiger partial charge in [0.25, 0.3) is 5.91 Å². The molecular formula is C39H44FN9O8S. The molecule has 58 heavy (non-hydrogen) atoms. The zero-order chi connectivity index (χ0) is 41.6. The van der Waals surface area contributed by atoms with E-state index in [1.165, 1.54) is 33.5 Å². The Kier molecular flexibility index (Phi) is 11.0. The number of hydrogen-bond acceptors (Lipinski definition) is 12. The Morgan fingerprint density at radius 3 is 2.50 bits per heavy atom. The number of nitrogens with zero attached hydrogens (tertiary/aromatic N) is 7. The number of aromatic nitrogens is 3. The Labute approximate surface area is 336 Å². The van der Waals surface area contributed by atoms with Gasteiger partial charge in [-0.15, -0.1) is 11.8 Å². The lowest BCUT2D eigenvalue weighted by atomic mass is 9.95. The first-order valence-electron chi connectivity index (χ1n) is 18.9. The quantitative estimate of drug-likeness (QED) is 0.0921. The number of ether oxygens (including phenoxy) is 1. The molecule has 0 radical (unpaired) electrons. The maximum Gasteiger partial charge on any atom is 0.342 e. The number of esters is 1. The maximum absolute atomic E-state index is 15.6. The van der Waals surface area contributed by atoms with E-state index in [-0.39, 0.29) is 29.9 Å².